The van der Waals surface area contributed by atoms with Crippen molar-refractivity contribution in [3.63, 3.8) is 0 Å². The predicted octanol–water partition coefficient (Wildman–Crippen LogP) is 1.44. The molecule has 3 aromatic rings. The lowest BCUT2D eigenvalue weighted by molar-refractivity contribution is -0.102. The molecule has 2 aliphatic rings. The molecule has 0 unspecified atom stereocenters. The molecule has 3 aromatic heterocycles. The first-order chi connectivity index (χ1) is 14.0. The van der Waals surface area contributed by atoms with E-state index in [1.54, 1.807) is 10.5 Å². The number of rotatable bonds is 2. The van der Waals surface area contributed by atoms with Crippen LogP contribution in [0.15, 0.2) is 35.4 Å². The Morgan fingerprint density at radius 3 is 2.90 bits per heavy atom. The van der Waals surface area contributed by atoms with Crippen molar-refractivity contribution in [2.24, 2.45) is 0 Å². The number of hydrogen-bond acceptors (Lipinski definition) is 7. The van der Waals surface area contributed by atoms with Gasteiger partial charge in [-0.15, -0.1) is 0 Å². The third kappa shape index (κ3) is 3.28. The third-order valence-electron chi connectivity index (χ3n) is 5.97. The van der Waals surface area contributed by atoms with Crippen LogP contribution in [0.5, 0.6) is 0 Å². The Kier molecular flexibility index (Phi) is 4.33. The number of aryl methyl sites for hydroxylation is 1. The molecule has 2 aliphatic heterocycles. The highest BCUT2D eigenvalue weighted by Gasteiger charge is 2.42. The highest BCUT2D eigenvalue weighted by molar-refractivity contribution is 5.40. The number of pyridine rings is 1. The van der Waals surface area contributed by atoms with Crippen LogP contribution in [0.2, 0.25) is 0 Å². The van der Waals surface area contributed by atoms with E-state index in [2.05, 4.69) is 19.9 Å². The first kappa shape index (κ1) is 18.2. The van der Waals surface area contributed by atoms with Gasteiger partial charge in [0.15, 0.2) is 0 Å². The summed E-state index contributed by atoms with van der Waals surface area (Å²) in [5.41, 5.74) is 10.0. The molecule has 5 rings (SSSR count). The van der Waals surface area contributed by atoms with Crippen molar-refractivity contribution in [1.82, 2.24) is 24.3 Å². The zero-order valence-corrected chi connectivity index (χ0v) is 16.5. The minimum absolute atomic E-state index is 0.0427. The summed E-state index contributed by atoms with van der Waals surface area (Å²) in [5.74, 6) is 0.298. The standard InChI is InChI=1S/C21H24N6O2/c1-14-2-3-17-24-16(10-18(28)27(17)12-14)13-26-7-5-21(6-8-26)19-15(4-9-29-21)11-23-20(22)25-19/h2-3,10-12H,4-9,13H2,1H3,(H2,22,23,25). The van der Waals surface area contributed by atoms with Crippen molar-refractivity contribution in [1.29, 1.82) is 0 Å². The molecule has 2 N–H and O–H groups in total. The summed E-state index contributed by atoms with van der Waals surface area (Å²) in [7, 11) is 0. The second-order valence-corrected chi connectivity index (χ2v) is 7.99. The number of piperidine rings is 1. The smallest absolute Gasteiger partial charge is 0.258 e. The molecular formula is C21H24N6O2. The maximum atomic E-state index is 12.5. The lowest BCUT2D eigenvalue weighted by Crippen LogP contribution is -2.47. The summed E-state index contributed by atoms with van der Waals surface area (Å²) in [4.78, 5) is 28.1. The van der Waals surface area contributed by atoms with Crippen molar-refractivity contribution in [3.05, 3.63) is 63.5 Å². The molecule has 0 bridgehead atoms. The van der Waals surface area contributed by atoms with E-state index in [-0.39, 0.29) is 11.2 Å². The molecule has 8 nitrogen and oxygen atoms in total. The Balaban J connectivity index is 1.35. The summed E-state index contributed by atoms with van der Waals surface area (Å²) < 4.78 is 7.83. The third-order valence-corrected chi connectivity index (χ3v) is 5.97. The summed E-state index contributed by atoms with van der Waals surface area (Å²) >= 11 is 0. The van der Waals surface area contributed by atoms with Crippen molar-refractivity contribution >= 4 is 11.6 Å². The van der Waals surface area contributed by atoms with Crippen molar-refractivity contribution < 1.29 is 4.74 Å². The first-order valence-corrected chi connectivity index (χ1v) is 10.00. The average molecular weight is 392 g/mol. The van der Waals surface area contributed by atoms with E-state index < -0.39 is 0 Å². The highest BCUT2D eigenvalue weighted by atomic mass is 16.5. The van der Waals surface area contributed by atoms with Gasteiger partial charge in [0.1, 0.15) is 11.2 Å². The fourth-order valence-corrected chi connectivity index (χ4v) is 4.44. The van der Waals surface area contributed by atoms with Gasteiger partial charge < -0.3 is 10.5 Å². The number of ether oxygens (including phenoxy) is 1. The van der Waals surface area contributed by atoms with E-state index in [1.165, 1.54) is 0 Å². The van der Waals surface area contributed by atoms with Crippen LogP contribution < -0.4 is 11.3 Å². The van der Waals surface area contributed by atoms with Crippen molar-refractivity contribution in [2.75, 3.05) is 25.4 Å². The summed E-state index contributed by atoms with van der Waals surface area (Å²) in [6.07, 6.45) is 6.16. The Morgan fingerprint density at radius 1 is 1.24 bits per heavy atom. The molecule has 0 radical (unpaired) electrons. The van der Waals surface area contributed by atoms with Crippen LogP contribution in [0, 0.1) is 6.92 Å². The molecule has 0 saturated carbocycles. The summed E-state index contributed by atoms with van der Waals surface area (Å²) in [6, 6.07) is 5.50. The maximum absolute atomic E-state index is 12.5. The summed E-state index contributed by atoms with van der Waals surface area (Å²) in [5, 5.41) is 0. The zero-order chi connectivity index (χ0) is 20.0. The van der Waals surface area contributed by atoms with Crippen LogP contribution in [-0.4, -0.2) is 43.9 Å². The molecule has 1 saturated heterocycles. The molecule has 0 atom stereocenters. The number of nitrogens with two attached hydrogens (primary N) is 1. The SMILES string of the molecule is Cc1ccc2nc(CN3CCC4(CC3)OCCc3cnc(N)nc34)cc(=O)n2c1. The van der Waals surface area contributed by atoms with Gasteiger partial charge in [0.25, 0.3) is 5.56 Å². The van der Waals surface area contributed by atoms with E-state index in [0.29, 0.717) is 24.7 Å². The molecule has 0 aliphatic carbocycles. The molecule has 0 aromatic carbocycles. The van der Waals surface area contributed by atoms with Crippen LogP contribution in [0.1, 0.15) is 35.4 Å². The monoisotopic (exact) mass is 392 g/mol. The van der Waals surface area contributed by atoms with E-state index in [0.717, 1.165) is 54.9 Å². The quantitative estimate of drug-likeness (QED) is 0.704. The molecular weight excluding hydrogens is 368 g/mol. The number of hydrogen-bond donors (Lipinski definition) is 1. The maximum Gasteiger partial charge on any atom is 0.258 e. The van der Waals surface area contributed by atoms with E-state index in [4.69, 9.17) is 10.5 Å². The van der Waals surface area contributed by atoms with Gasteiger partial charge in [0.2, 0.25) is 5.95 Å². The molecule has 8 heteroatoms. The van der Waals surface area contributed by atoms with E-state index in [1.807, 2.05) is 31.5 Å². The molecule has 5 heterocycles. The number of fused-ring (bicyclic) bond motifs is 3. The minimum atomic E-state index is -0.380. The van der Waals surface area contributed by atoms with Gasteiger partial charge in [0, 0.05) is 38.1 Å². The molecule has 150 valence electrons. The molecule has 29 heavy (non-hydrogen) atoms. The number of anilines is 1. The van der Waals surface area contributed by atoms with Crippen LogP contribution in [0.25, 0.3) is 5.65 Å². The second-order valence-electron chi connectivity index (χ2n) is 7.99. The van der Waals surface area contributed by atoms with Crippen molar-refractivity contribution in [3.8, 4) is 0 Å². The number of nitrogen functional groups attached to an aromatic ring is 1. The lowest BCUT2D eigenvalue weighted by Gasteiger charge is -2.44. The Labute approximate surface area is 168 Å². The number of nitrogens with zero attached hydrogens (tertiary/aromatic N) is 5. The Morgan fingerprint density at radius 2 is 2.07 bits per heavy atom. The predicted molar refractivity (Wildman–Crippen MR) is 108 cm³/mol. The van der Waals surface area contributed by atoms with Crippen molar-refractivity contribution in [2.45, 2.75) is 38.3 Å². The molecule has 1 fully saturated rings. The fourth-order valence-electron chi connectivity index (χ4n) is 4.44. The largest absolute Gasteiger partial charge is 0.368 e. The van der Waals surface area contributed by atoms with Gasteiger partial charge >= 0.3 is 0 Å². The van der Waals surface area contributed by atoms with E-state index in [9.17, 15) is 4.79 Å². The topological polar surface area (TPSA) is 98.6 Å². The first-order valence-electron chi connectivity index (χ1n) is 10.00. The van der Waals surface area contributed by atoms with Gasteiger partial charge in [0.05, 0.1) is 18.0 Å². The van der Waals surface area contributed by atoms with Crippen LogP contribution in [-0.2, 0) is 23.3 Å². The Hall–Kier alpha value is -2.84. The van der Waals surface area contributed by atoms with Crippen LogP contribution in [0.4, 0.5) is 5.95 Å². The average Bonchev–Trinajstić information content (AvgIpc) is 2.71. The van der Waals surface area contributed by atoms with Crippen LogP contribution in [0.3, 0.4) is 0 Å². The highest BCUT2D eigenvalue weighted by Crippen LogP contribution is 2.40. The number of likely N-dealkylation sites (tertiary alicyclic amines) is 1. The van der Waals surface area contributed by atoms with Gasteiger partial charge in [-0.25, -0.2) is 15.0 Å². The molecule has 1 spiro atoms. The Bertz CT molecular complexity index is 1130. The number of aromatic nitrogens is 4. The van der Waals surface area contributed by atoms with E-state index >= 15 is 0 Å². The zero-order valence-electron chi connectivity index (χ0n) is 16.5. The van der Waals surface area contributed by atoms with Gasteiger partial charge in [-0.3, -0.25) is 14.1 Å². The fraction of sp³-hybridized carbons (Fsp3) is 0.429. The summed E-state index contributed by atoms with van der Waals surface area (Å²) in [6.45, 7) is 4.99. The lowest BCUT2D eigenvalue weighted by atomic mass is 9.83. The van der Waals surface area contributed by atoms with Gasteiger partial charge in [-0.05, 0) is 43.4 Å². The molecule has 0 amide bonds. The van der Waals surface area contributed by atoms with Gasteiger partial charge in [-0.2, -0.15) is 0 Å². The minimum Gasteiger partial charge on any atom is -0.368 e. The second kappa shape index (κ2) is 6.89. The van der Waals surface area contributed by atoms with Gasteiger partial charge in [-0.1, -0.05) is 6.07 Å². The van der Waals surface area contributed by atoms with Crippen LogP contribution >= 0.6 is 0 Å². The normalized spacial score (nSPS) is 18.8.